The van der Waals surface area contributed by atoms with Gasteiger partial charge in [0.2, 0.25) is 5.95 Å². The molecule has 2 unspecified atom stereocenters. The minimum atomic E-state index is -1.02. The number of carbonyl (C=O) groups is 1. The number of hydrogen-bond acceptors (Lipinski definition) is 8. The lowest BCUT2D eigenvalue weighted by Gasteiger charge is -2.44. The van der Waals surface area contributed by atoms with Crippen molar-refractivity contribution in [1.29, 1.82) is 0 Å². The van der Waals surface area contributed by atoms with Gasteiger partial charge in [-0.25, -0.2) is 9.97 Å². The van der Waals surface area contributed by atoms with Crippen LogP contribution in [-0.2, 0) is 11.3 Å². The Bertz CT molecular complexity index is 1100. The first-order valence-corrected chi connectivity index (χ1v) is 11.5. The van der Waals surface area contributed by atoms with Gasteiger partial charge in [-0.1, -0.05) is 13.0 Å². The Morgan fingerprint density at radius 1 is 1.31 bits per heavy atom. The van der Waals surface area contributed by atoms with Crippen LogP contribution in [0, 0.1) is 0 Å². The highest BCUT2D eigenvalue weighted by Gasteiger charge is 2.45. The van der Waals surface area contributed by atoms with E-state index in [0.717, 1.165) is 22.2 Å². The zero-order chi connectivity index (χ0) is 22.7. The molecule has 1 aromatic carbocycles. The van der Waals surface area contributed by atoms with Crippen LogP contribution in [0.5, 0.6) is 11.5 Å². The fourth-order valence-corrected chi connectivity index (χ4v) is 5.05. The Balaban J connectivity index is 1.52. The van der Waals surface area contributed by atoms with Crippen LogP contribution in [0.25, 0.3) is 10.2 Å². The highest BCUT2D eigenvalue weighted by Crippen LogP contribution is 2.33. The van der Waals surface area contributed by atoms with Crippen molar-refractivity contribution in [3.05, 3.63) is 41.4 Å². The first-order valence-electron chi connectivity index (χ1n) is 10.7. The van der Waals surface area contributed by atoms with Crippen LogP contribution in [0.15, 0.2) is 35.8 Å². The standard InChI is InChI=1S/C23H28N4O4S/c1-4-17-12-23(21(28)29,25-13-15-5-6-18(30-2)19(11-15)31-3)8-9-27(17)22-24-14-16-7-10-32-20(16)26-22/h5-7,10-11,14,17,25H,4,8-9,12-13H2,1-3H3,(H,28,29). The second-order valence-electron chi connectivity index (χ2n) is 7.99. The third kappa shape index (κ3) is 4.22. The topological polar surface area (TPSA) is 96.8 Å². The van der Waals surface area contributed by atoms with Crippen LogP contribution in [0.3, 0.4) is 0 Å². The highest BCUT2D eigenvalue weighted by molar-refractivity contribution is 7.16. The molecule has 0 amide bonds. The van der Waals surface area contributed by atoms with Gasteiger partial charge in [-0.3, -0.25) is 10.1 Å². The molecule has 0 aliphatic carbocycles. The summed E-state index contributed by atoms with van der Waals surface area (Å²) in [5.74, 6) is 1.11. The summed E-state index contributed by atoms with van der Waals surface area (Å²) >= 11 is 1.59. The van der Waals surface area contributed by atoms with Crippen LogP contribution >= 0.6 is 11.3 Å². The molecule has 3 aromatic rings. The second kappa shape index (κ2) is 9.30. The number of nitrogens with one attached hydrogen (secondary N) is 1. The number of methoxy groups -OCH3 is 2. The molecule has 0 saturated carbocycles. The molecule has 0 radical (unpaired) electrons. The third-order valence-corrected chi connectivity index (χ3v) is 7.04. The average molecular weight is 457 g/mol. The maximum atomic E-state index is 12.4. The number of rotatable bonds is 8. The fourth-order valence-electron chi connectivity index (χ4n) is 4.31. The lowest BCUT2D eigenvalue weighted by molar-refractivity contribution is -0.146. The molecule has 1 aliphatic heterocycles. The number of hydrogen-bond donors (Lipinski definition) is 2. The Morgan fingerprint density at radius 2 is 2.12 bits per heavy atom. The Morgan fingerprint density at radius 3 is 2.84 bits per heavy atom. The molecule has 170 valence electrons. The largest absolute Gasteiger partial charge is 0.493 e. The van der Waals surface area contributed by atoms with E-state index in [2.05, 4.69) is 22.1 Å². The van der Waals surface area contributed by atoms with E-state index < -0.39 is 11.5 Å². The summed E-state index contributed by atoms with van der Waals surface area (Å²) in [6.07, 6.45) is 3.57. The number of thiophene rings is 1. The van der Waals surface area contributed by atoms with Gasteiger partial charge >= 0.3 is 5.97 Å². The minimum Gasteiger partial charge on any atom is -0.493 e. The number of nitrogens with zero attached hydrogens (tertiary/aromatic N) is 3. The van der Waals surface area contributed by atoms with Crippen molar-refractivity contribution in [2.45, 2.75) is 44.3 Å². The highest BCUT2D eigenvalue weighted by atomic mass is 32.1. The van der Waals surface area contributed by atoms with Gasteiger partial charge in [-0.05, 0) is 48.4 Å². The Kier molecular flexibility index (Phi) is 6.48. The second-order valence-corrected chi connectivity index (χ2v) is 8.89. The summed E-state index contributed by atoms with van der Waals surface area (Å²) < 4.78 is 10.7. The quantitative estimate of drug-likeness (QED) is 0.530. The van der Waals surface area contributed by atoms with Crippen molar-refractivity contribution >= 4 is 33.5 Å². The maximum absolute atomic E-state index is 12.4. The monoisotopic (exact) mass is 456 g/mol. The molecule has 1 saturated heterocycles. The summed E-state index contributed by atoms with van der Waals surface area (Å²) in [6, 6.07) is 7.65. The van der Waals surface area contributed by atoms with Crippen LogP contribution in [0.2, 0.25) is 0 Å². The number of anilines is 1. The van der Waals surface area contributed by atoms with Gasteiger partial charge in [0.25, 0.3) is 0 Å². The van der Waals surface area contributed by atoms with Crippen molar-refractivity contribution in [2.24, 2.45) is 0 Å². The number of aromatic nitrogens is 2. The Hall–Kier alpha value is -2.91. The van der Waals surface area contributed by atoms with Crippen molar-refractivity contribution in [2.75, 3.05) is 25.7 Å². The van der Waals surface area contributed by atoms with E-state index in [0.29, 0.717) is 43.4 Å². The minimum absolute atomic E-state index is 0.0233. The van der Waals surface area contributed by atoms with Gasteiger partial charge in [0, 0.05) is 30.7 Å². The number of carboxylic acids is 1. The number of benzene rings is 1. The SMILES string of the molecule is CCC1CC(NCc2ccc(OC)c(OC)c2)(C(=O)O)CCN1c1ncc2ccsc2n1. The van der Waals surface area contributed by atoms with Crippen LogP contribution in [-0.4, -0.2) is 53.4 Å². The molecule has 32 heavy (non-hydrogen) atoms. The van der Waals surface area contributed by atoms with Gasteiger partial charge in [0.05, 0.1) is 14.2 Å². The maximum Gasteiger partial charge on any atom is 0.324 e. The molecule has 9 heteroatoms. The molecule has 2 atom stereocenters. The van der Waals surface area contributed by atoms with Crippen molar-refractivity contribution in [3.8, 4) is 11.5 Å². The zero-order valence-electron chi connectivity index (χ0n) is 18.5. The van der Waals surface area contributed by atoms with Gasteiger partial charge in [-0.2, -0.15) is 0 Å². The molecule has 0 spiro atoms. The van der Waals surface area contributed by atoms with Crippen LogP contribution < -0.4 is 19.7 Å². The summed E-state index contributed by atoms with van der Waals surface area (Å²) in [6.45, 7) is 3.06. The molecule has 3 heterocycles. The van der Waals surface area contributed by atoms with E-state index in [1.165, 1.54) is 0 Å². The summed E-state index contributed by atoms with van der Waals surface area (Å²) in [5.41, 5.74) is -0.0811. The normalized spacial score (nSPS) is 21.0. The van der Waals surface area contributed by atoms with Gasteiger partial charge in [0.15, 0.2) is 11.5 Å². The van der Waals surface area contributed by atoms with Gasteiger partial charge in [0.1, 0.15) is 10.4 Å². The average Bonchev–Trinajstić information content (AvgIpc) is 3.30. The van der Waals surface area contributed by atoms with Gasteiger partial charge in [-0.15, -0.1) is 11.3 Å². The number of ether oxygens (including phenoxy) is 2. The molecule has 4 rings (SSSR count). The number of aliphatic carboxylic acids is 1. The van der Waals surface area contributed by atoms with Crippen LogP contribution in [0.1, 0.15) is 31.7 Å². The molecule has 2 aromatic heterocycles. The summed E-state index contributed by atoms with van der Waals surface area (Å²) in [7, 11) is 3.18. The van der Waals surface area contributed by atoms with Crippen molar-refractivity contribution in [1.82, 2.24) is 15.3 Å². The van der Waals surface area contributed by atoms with E-state index in [9.17, 15) is 9.90 Å². The lowest BCUT2D eigenvalue weighted by Crippen LogP contribution is -2.61. The van der Waals surface area contributed by atoms with Gasteiger partial charge < -0.3 is 19.5 Å². The first-order chi connectivity index (χ1) is 15.5. The smallest absolute Gasteiger partial charge is 0.324 e. The van der Waals surface area contributed by atoms with Crippen molar-refractivity contribution < 1.29 is 19.4 Å². The zero-order valence-corrected chi connectivity index (χ0v) is 19.3. The fraction of sp³-hybridized carbons (Fsp3) is 0.435. The number of piperidine rings is 1. The van der Waals surface area contributed by atoms with E-state index >= 15 is 0 Å². The third-order valence-electron chi connectivity index (χ3n) is 6.22. The molecule has 2 N–H and O–H groups in total. The van der Waals surface area contributed by atoms with Crippen LogP contribution in [0.4, 0.5) is 5.95 Å². The van der Waals surface area contributed by atoms with E-state index in [-0.39, 0.29) is 6.04 Å². The number of carboxylic acid groups (broad SMARTS) is 1. The first kappa shape index (κ1) is 22.3. The molecule has 8 nitrogen and oxygen atoms in total. The molecule has 0 bridgehead atoms. The summed E-state index contributed by atoms with van der Waals surface area (Å²) in [4.78, 5) is 24.8. The molecule has 1 aliphatic rings. The van der Waals surface area contributed by atoms with E-state index in [1.54, 1.807) is 25.6 Å². The molecular weight excluding hydrogens is 428 g/mol. The molecular formula is C23H28N4O4S. The lowest BCUT2D eigenvalue weighted by atomic mass is 9.82. The molecule has 1 fully saturated rings. The van der Waals surface area contributed by atoms with E-state index in [4.69, 9.17) is 14.5 Å². The predicted octanol–water partition coefficient (Wildman–Crippen LogP) is 3.70. The van der Waals surface area contributed by atoms with E-state index in [1.807, 2.05) is 35.8 Å². The van der Waals surface area contributed by atoms with Crippen molar-refractivity contribution in [3.63, 3.8) is 0 Å². The Labute approximate surface area is 191 Å². The number of fused-ring (bicyclic) bond motifs is 1. The summed E-state index contributed by atoms with van der Waals surface area (Å²) in [5, 5.41) is 16.6. The predicted molar refractivity (Wildman–Crippen MR) is 125 cm³/mol.